The molecule has 0 fully saturated rings. The molecule has 0 unspecified atom stereocenters. The van der Waals surface area contributed by atoms with E-state index in [0.717, 1.165) is 37.2 Å². The molecule has 1 aromatic rings. The number of methoxy groups -OCH3 is 1. The van der Waals surface area contributed by atoms with Gasteiger partial charge in [0, 0.05) is 38.1 Å². The van der Waals surface area contributed by atoms with E-state index in [-0.39, 0.29) is 5.56 Å². The van der Waals surface area contributed by atoms with Gasteiger partial charge in [0.05, 0.1) is 0 Å². The molecular formula is C14H24N2O2. The Balaban J connectivity index is 2.75. The monoisotopic (exact) mass is 252 g/mol. The van der Waals surface area contributed by atoms with E-state index in [0.29, 0.717) is 13.2 Å². The summed E-state index contributed by atoms with van der Waals surface area (Å²) in [5.41, 5.74) is 1.97. The van der Waals surface area contributed by atoms with Crippen molar-refractivity contribution in [1.29, 1.82) is 0 Å². The van der Waals surface area contributed by atoms with Gasteiger partial charge in [0.25, 0.3) is 5.56 Å². The number of pyridine rings is 1. The van der Waals surface area contributed by atoms with Gasteiger partial charge in [-0.25, -0.2) is 0 Å². The molecule has 0 atom stereocenters. The molecule has 0 spiro atoms. The van der Waals surface area contributed by atoms with Crippen molar-refractivity contribution in [3.05, 3.63) is 33.7 Å². The summed E-state index contributed by atoms with van der Waals surface area (Å²) in [6.07, 6.45) is 1.94. The van der Waals surface area contributed by atoms with E-state index >= 15 is 0 Å². The van der Waals surface area contributed by atoms with Crippen LogP contribution < -0.4 is 10.9 Å². The summed E-state index contributed by atoms with van der Waals surface area (Å²) in [6.45, 7) is 7.08. The van der Waals surface area contributed by atoms with Crippen molar-refractivity contribution in [2.75, 3.05) is 20.3 Å². The van der Waals surface area contributed by atoms with Crippen LogP contribution in [0.1, 0.15) is 31.0 Å². The minimum Gasteiger partial charge on any atom is -0.385 e. The van der Waals surface area contributed by atoms with Crippen LogP contribution in [0.4, 0.5) is 0 Å². The molecule has 4 nitrogen and oxygen atoms in total. The zero-order chi connectivity index (χ0) is 13.4. The first kappa shape index (κ1) is 14.9. The van der Waals surface area contributed by atoms with Crippen molar-refractivity contribution < 1.29 is 4.74 Å². The van der Waals surface area contributed by atoms with Crippen LogP contribution in [0.2, 0.25) is 0 Å². The molecule has 0 saturated carbocycles. The standard InChI is InChI=1S/C14H24N2O2/c1-4-8-15-11-13-7-6-12(2)16(14(13)17)9-5-10-18-3/h6-7,15H,4-5,8-11H2,1-3H3. The SMILES string of the molecule is CCCNCc1ccc(C)n(CCCOC)c1=O. The summed E-state index contributed by atoms with van der Waals surface area (Å²) < 4.78 is 6.86. The second-order valence-corrected chi connectivity index (χ2v) is 4.48. The number of ether oxygens (including phenoxy) is 1. The predicted molar refractivity (Wildman–Crippen MR) is 73.9 cm³/mol. The third-order valence-corrected chi connectivity index (χ3v) is 2.94. The Morgan fingerprint density at radius 2 is 2.17 bits per heavy atom. The number of nitrogens with one attached hydrogen (secondary N) is 1. The smallest absolute Gasteiger partial charge is 0.255 e. The summed E-state index contributed by atoms with van der Waals surface area (Å²) in [5.74, 6) is 0. The van der Waals surface area contributed by atoms with Gasteiger partial charge in [-0.1, -0.05) is 13.0 Å². The minimum absolute atomic E-state index is 0.120. The van der Waals surface area contributed by atoms with Gasteiger partial charge in [-0.15, -0.1) is 0 Å². The maximum absolute atomic E-state index is 12.3. The molecular weight excluding hydrogens is 228 g/mol. The van der Waals surface area contributed by atoms with Crippen LogP contribution in [0, 0.1) is 6.92 Å². The number of rotatable bonds is 8. The Bertz CT molecular complexity index is 413. The van der Waals surface area contributed by atoms with Crippen molar-refractivity contribution in [1.82, 2.24) is 9.88 Å². The van der Waals surface area contributed by atoms with Gasteiger partial charge in [0.15, 0.2) is 0 Å². The van der Waals surface area contributed by atoms with Gasteiger partial charge in [-0.2, -0.15) is 0 Å². The van der Waals surface area contributed by atoms with Crippen molar-refractivity contribution in [2.24, 2.45) is 0 Å². The Morgan fingerprint density at radius 3 is 2.83 bits per heavy atom. The summed E-state index contributed by atoms with van der Waals surface area (Å²) >= 11 is 0. The van der Waals surface area contributed by atoms with Crippen LogP contribution >= 0.6 is 0 Å². The maximum atomic E-state index is 12.3. The Hall–Kier alpha value is -1.13. The topological polar surface area (TPSA) is 43.3 Å². The van der Waals surface area contributed by atoms with Crippen LogP contribution in [0.25, 0.3) is 0 Å². The van der Waals surface area contributed by atoms with Gasteiger partial charge in [-0.3, -0.25) is 4.79 Å². The molecule has 0 aliphatic carbocycles. The number of hydrogen-bond donors (Lipinski definition) is 1. The maximum Gasteiger partial charge on any atom is 0.255 e. The number of nitrogens with zero attached hydrogens (tertiary/aromatic N) is 1. The quantitative estimate of drug-likeness (QED) is 0.716. The highest BCUT2D eigenvalue weighted by atomic mass is 16.5. The third-order valence-electron chi connectivity index (χ3n) is 2.94. The Labute approximate surface area is 109 Å². The molecule has 102 valence electrons. The lowest BCUT2D eigenvalue weighted by Gasteiger charge is -2.12. The fraction of sp³-hybridized carbons (Fsp3) is 0.643. The molecule has 0 aromatic carbocycles. The molecule has 0 radical (unpaired) electrons. The largest absolute Gasteiger partial charge is 0.385 e. The lowest BCUT2D eigenvalue weighted by molar-refractivity contribution is 0.189. The van der Waals surface area contributed by atoms with E-state index in [1.54, 1.807) is 7.11 Å². The van der Waals surface area contributed by atoms with E-state index < -0.39 is 0 Å². The fourth-order valence-corrected chi connectivity index (χ4v) is 1.90. The van der Waals surface area contributed by atoms with Crippen LogP contribution in [-0.2, 0) is 17.8 Å². The number of aromatic nitrogens is 1. The van der Waals surface area contributed by atoms with E-state index in [9.17, 15) is 4.79 Å². The lowest BCUT2D eigenvalue weighted by Crippen LogP contribution is -2.29. The van der Waals surface area contributed by atoms with Crippen LogP contribution in [0.3, 0.4) is 0 Å². The van der Waals surface area contributed by atoms with E-state index in [1.807, 2.05) is 23.6 Å². The molecule has 4 heteroatoms. The zero-order valence-electron chi connectivity index (χ0n) is 11.7. The first-order chi connectivity index (χ1) is 8.70. The molecule has 1 heterocycles. The molecule has 1 N–H and O–H groups in total. The predicted octanol–water partition coefficient (Wildman–Crippen LogP) is 1.69. The summed E-state index contributed by atoms with van der Waals surface area (Å²) in [6, 6.07) is 3.93. The highest BCUT2D eigenvalue weighted by molar-refractivity contribution is 5.15. The first-order valence-electron chi connectivity index (χ1n) is 6.59. The lowest BCUT2D eigenvalue weighted by atomic mass is 10.2. The van der Waals surface area contributed by atoms with E-state index in [1.165, 1.54) is 0 Å². The van der Waals surface area contributed by atoms with E-state index in [4.69, 9.17) is 4.74 Å². The van der Waals surface area contributed by atoms with Crippen molar-refractivity contribution >= 4 is 0 Å². The summed E-state index contributed by atoms with van der Waals surface area (Å²) in [5, 5.41) is 3.27. The Kier molecular flexibility index (Phi) is 6.68. The Morgan fingerprint density at radius 1 is 1.39 bits per heavy atom. The van der Waals surface area contributed by atoms with Crippen LogP contribution in [0.5, 0.6) is 0 Å². The molecule has 0 amide bonds. The fourth-order valence-electron chi connectivity index (χ4n) is 1.90. The van der Waals surface area contributed by atoms with Crippen molar-refractivity contribution in [3.8, 4) is 0 Å². The molecule has 1 aromatic heterocycles. The van der Waals surface area contributed by atoms with Crippen LogP contribution in [-0.4, -0.2) is 24.8 Å². The zero-order valence-corrected chi connectivity index (χ0v) is 11.7. The second-order valence-electron chi connectivity index (χ2n) is 4.48. The van der Waals surface area contributed by atoms with Gasteiger partial charge < -0.3 is 14.6 Å². The second kappa shape index (κ2) is 8.06. The molecule has 0 aliphatic heterocycles. The number of aryl methyl sites for hydroxylation is 1. The van der Waals surface area contributed by atoms with E-state index in [2.05, 4.69) is 12.2 Å². The highest BCUT2D eigenvalue weighted by Crippen LogP contribution is 2.00. The van der Waals surface area contributed by atoms with Gasteiger partial charge in [0.2, 0.25) is 0 Å². The average Bonchev–Trinajstić information content (AvgIpc) is 2.36. The number of hydrogen-bond acceptors (Lipinski definition) is 3. The average molecular weight is 252 g/mol. The van der Waals surface area contributed by atoms with Crippen LogP contribution in [0.15, 0.2) is 16.9 Å². The third kappa shape index (κ3) is 4.27. The minimum atomic E-state index is 0.120. The molecule has 0 bridgehead atoms. The van der Waals surface area contributed by atoms with Crippen molar-refractivity contribution in [2.45, 2.75) is 39.8 Å². The van der Waals surface area contributed by atoms with Gasteiger partial charge in [-0.05, 0) is 32.4 Å². The summed E-state index contributed by atoms with van der Waals surface area (Å²) in [4.78, 5) is 12.3. The normalized spacial score (nSPS) is 10.8. The molecule has 18 heavy (non-hydrogen) atoms. The highest BCUT2D eigenvalue weighted by Gasteiger charge is 2.05. The van der Waals surface area contributed by atoms with Gasteiger partial charge in [0.1, 0.15) is 0 Å². The van der Waals surface area contributed by atoms with Gasteiger partial charge >= 0.3 is 0 Å². The first-order valence-corrected chi connectivity index (χ1v) is 6.59. The summed E-state index contributed by atoms with van der Waals surface area (Å²) in [7, 11) is 1.68. The van der Waals surface area contributed by atoms with Crippen molar-refractivity contribution in [3.63, 3.8) is 0 Å². The molecule has 0 saturated heterocycles. The molecule has 0 aliphatic rings. The molecule has 1 rings (SSSR count).